The van der Waals surface area contributed by atoms with Crippen LogP contribution in [0.1, 0.15) is 25.8 Å². The van der Waals surface area contributed by atoms with Gasteiger partial charge in [-0.3, -0.25) is 9.59 Å². The number of hydrogen-bond donors (Lipinski definition) is 2. The second-order valence-corrected chi connectivity index (χ2v) is 4.95. The summed E-state index contributed by atoms with van der Waals surface area (Å²) in [6, 6.07) is 7.34. The number of carbonyl (C=O) groups is 2. The van der Waals surface area contributed by atoms with Crippen LogP contribution in [0.2, 0.25) is 0 Å². The Morgan fingerprint density at radius 2 is 2.09 bits per heavy atom. The number of hydrogen-bond acceptors (Lipinski definition) is 5. The highest BCUT2D eigenvalue weighted by molar-refractivity contribution is 6.09. The molecule has 2 N–H and O–H groups in total. The van der Waals surface area contributed by atoms with Crippen molar-refractivity contribution in [3.8, 4) is 5.75 Å². The van der Waals surface area contributed by atoms with E-state index in [9.17, 15) is 9.59 Å². The zero-order valence-electron chi connectivity index (χ0n) is 12.7. The summed E-state index contributed by atoms with van der Waals surface area (Å²) in [5.74, 6) is -0.355. The quantitative estimate of drug-likeness (QED) is 0.629. The van der Waals surface area contributed by atoms with Crippen molar-refractivity contribution in [2.45, 2.75) is 20.3 Å². The minimum atomic E-state index is -0.517. The fraction of sp³-hybridized carbons (Fsp3) is 0.333. The molecular weight excluding hydrogens is 284 g/mol. The van der Waals surface area contributed by atoms with Crippen molar-refractivity contribution >= 4 is 23.2 Å². The molecule has 1 aliphatic heterocycles. The van der Waals surface area contributed by atoms with Gasteiger partial charge in [-0.15, -0.1) is 0 Å². The van der Waals surface area contributed by atoms with Crippen LogP contribution >= 0.6 is 0 Å². The van der Waals surface area contributed by atoms with Gasteiger partial charge in [0.15, 0.2) is 0 Å². The van der Waals surface area contributed by atoms with Crippen LogP contribution < -0.4 is 15.6 Å². The maximum Gasteiger partial charge on any atom is 0.249 e. The molecular formula is C15H18N4O3. The van der Waals surface area contributed by atoms with E-state index in [1.54, 1.807) is 21.0 Å². The van der Waals surface area contributed by atoms with Crippen LogP contribution in [0.15, 0.2) is 34.5 Å². The van der Waals surface area contributed by atoms with E-state index in [0.717, 1.165) is 11.3 Å². The van der Waals surface area contributed by atoms with E-state index < -0.39 is 5.92 Å². The van der Waals surface area contributed by atoms with E-state index in [1.165, 1.54) is 0 Å². The fourth-order valence-electron chi connectivity index (χ4n) is 2.00. The van der Waals surface area contributed by atoms with Crippen LogP contribution in [0.4, 0.5) is 0 Å². The first-order chi connectivity index (χ1) is 10.5. The Morgan fingerprint density at radius 1 is 1.41 bits per heavy atom. The average Bonchev–Trinajstić information content (AvgIpc) is 2.84. The van der Waals surface area contributed by atoms with Gasteiger partial charge in [-0.1, -0.05) is 0 Å². The molecule has 22 heavy (non-hydrogen) atoms. The first kappa shape index (κ1) is 15.7. The number of amides is 2. The van der Waals surface area contributed by atoms with Crippen LogP contribution in [0.25, 0.3) is 0 Å². The van der Waals surface area contributed by atoms with Crippen LogP contribution in [0, 0.1) is 5.92 Å². The average molecular weight is 302 g/mol. The molecule has 0 fully saturated rings. The zero-order valence-corrected chi connectivity index (χ0v) is 12.7. The lowest BCUT2D eigenvalue weighted by Gasteiger charge is -2.07. The third kappa shape index (κ3) is 3.69. The molecule has 0 radical (unpaired) electrons. The SMILES string of the molecule is COc1ccc(/C(C)=N/NC(=O)C[C@H]2C(=O)NN=C2C)cc1. The Morgan fingerprint density at radius 3 is 2.64 bits per heavy atom. The van der Waals surface area contributed by atoms with E-state index in [-0.39, 0.29) is 18.2 Å². The summed E-state index contributed by atoms with van der Waals surface area (Å²) in [5.41, 5.74) is 6.95. The predicted octanol–water partition coefficient (Wildman–Crippen LogP) is 1.05. The summed E-state index contributed by atoms with van der Waals surface area (Å²) in [4.78, 5) is 23.3. The van der Waals surface area contributed by atoms with Crippen LogP contribution in [0.5, 0.6) is 5.75 Å². The number of methoxy groups -OCH3 is 1. The van der Waals surface area contributed by atoms with Gasteiger partial charge in [-0.2, -0.15) is 10.2 Å². The standard InChI is InChI=1S/C15H18N4O3/c1-9(11-4-6-12(22-3)7-5-11)16-18-14(20)8-13-10(2)17-19-15(13)21/h4-7,13H,8H2,1-3H3,(H,18,20)(H,19,21)/b16-9+/t13-/m1/s1. The molecule has 0 aliphatic carbocycles. The lowest BCUT2D eigenvalue weighted by atomic mass is 10.0. The highest BCUT2D eigenvalue weighted by Crippen LogP contribution is 2.13. The van der Waals surface area contributed by atoms with Gasteiger partial charge in [0.05, 0.1) is 18.7 Å². The van der Waals surface area contributed by atoms with Gasteiger partial charge in [0.2, 0.25) is 11.8 Å². The van der Waals surface area contributed by atoms with Crippen molar-refractivity contribution in [2.24, 2.45) is 16.1 Å². The molecule has 0 bridgehead atoms. The number of nitrogens with zero attached hydrogens (tertiary/aromatic N) is 2. The largest absolute Gasteiger partial charge is 0.497 e. The van der Waals surface area contributed by atoms with Gasteiger partial charge in [-0.05, 0) is 43.7 Å². The number of hydrazone groups is 2. The molecule has 1 aliphatic rings. The maximum atomic E-state index is 11.9. The van der Waals surface area contributed by atoms with E-state index in [4.69, 9.17) is 4.74 Å². The van der Waals surface area contributed by atoms with Crippen LogP contribution in [0.3, 0.4) is 0 Å². The van der Waals surface area contributed by atoms with Gasteiger partial charge in [0, 0.05) is 12.1 Å². The molecule has 1 aromatic carbocycles. The Balaban J connectivity index is 1.93. The van der Waals surface area contributed by atoms with E-state index in [1.807, 2.05) is 24.3 Å². The van der Waals surface area contributed by atoms with E-state index in [0.29, 0.717) is 11.4 Å². The lowest BCUT2D eigenvalue weighted by Crippen LogP contribution is -2.29. The van der Waals surface area contributed by atoms with Crippen molar-refractivity contribution in [3.63, 3.8) is 0 Å². The summed E-state index contributed by atoms with van der Waals surface area (Å²) in [6.07, 6.45) is 0.0283. The minimum Gasteiger partial charge on any atom is -0.497 e. The molecule has 7 heteroatoms. The molecule has 0 saturated carbocycles. The zero-order chi connectivity index (χ0) is 16.1. The third-order valence-corrected chi connectivity index (χ3v) is 3.41. The van der Waals surface area contributed by atoms with Crippen molar-refractivity contribution < 1.29 is 14.3 Å². The maximum absolute atomic E-state index is 11.9. The molecule has 1 heterocycles. The Labute approximate surface area is 128 Å². The molecule has 116 valence electrons. The van der Waals surface area contributed by atoms with Crippen molar-refractivity contribution in [3.05, 3.63) is 29.8 Å². The number of ether oxygens (including phenoxy) is 1. The van der Waals surface area contributed by atoms with Gasteiger partial charge >= 0.3 is 0 Å². The number of benzene rings is 1. The molecule has 0 saturated heterocycles. The van der Waals surface area contributed by atoms with Gasteiger partial charge < -0.3 is 4.74 Å². The smallest absolute Gasteiger partial charge is 0.249 e. The second kappa shape index (κ2) is 6.84. The van der Waals surface area contributed by atoms with Gasteiger partial charge in [0.1, 0.15) is 5.75 Å². The molecule has 0 spiro atoms. The van der Waals surface area contributed by atoms with Crippen LogP contribution in [-0.2, 0) is 9.59 Å². The summed E-state index contributed by atoms with van der Waals surface area (Å²) in [7, 11) is 1.60. The summed E-state index contributed by atoms with van der Waals surface area (Å²) in [6.45, 7) is 3.50. The summed E-state index contributed by atoms with van der Waals surface area (Å²) < 4.78 is 5.08. The molecule has 2 amide bonds. The van der Waals surface area contributed by atoms with Crippen LogP contribution in [-0.4, -0.2) is 30.3 Å². The number of carbonyl (C=O) groups excluding carboxylic acids is 2. The van der Waals surface area contributed by atoms with Gasteiger partial charge in [-0.25, -0.2) is 10.9 Å². The van der Waals surface area contributed by atoms with E-state index >= 15 is 0 Å². The lowest BCUT2D eigenvalue weighted by molar-refractivity contribution is -0.127. The molecule has 1 aromatic rings. The number of rotatable bonds is 5. The van der Waals surface area contributed by atoms with E-state index in [2.05, 4.69) is 21.1 Å². The predicted molar refractivity (Wildman–Crippen MR) is 82.7 cm³/mol. The Bertz CT molecular complexity index is 635. The summed E-state index contributed by atoms with van der Waals surface area (Å²) >= 11 is 0. The molecule has 1 atom stereocenters. The molecule has 0 aromatic heterocycles. The second-order valence-electron chi connectivity index (χ2n) is 4.95. The number of nitrogens with one attached hydrogen (secondary N) is 2. The topological polar surface area (TPSA) is 92.1 Å². The third-order valence-electron chi connectivity index (χ3n) is 3.41. The monoisotopic (exact) mass is 302 g/mol. The Hall–Kier alpha value is -2.70. The molecule has 7 nitrogen and oxygen atoms in total. The highest BCUT2D eigenvalue weighted by Gasteiger charge is 2.29. The normalized spacial score (nSPS) is 17.8. The molecule has 2 rings (SSSR count). The van der Waals surface area contributed by atoms with Gasteiger partial charge in [0.25, 0.3) is 0 Å². The fourth-order valence-corrected chi connectivity index (χ4v) is 2.00. The Kier molecular flexibility index (Phi) is 4.88. The minimum absolute atomic E-state index is 0.0283. The van der Waals surface area contributed by atoms with Crippen molar-refractivity contribution in [1.29, 1.82) is 0 Å². The first-order valence-electron chi connectivity index (χ1n) is 6.83. The van der Waals surface area contributed by atoms with Crippen molar-refractivity contribution in [2.75, 3.05) is 7.11 Å². The van der Waals surface area contributed by atoms with Crippen molar-refractivity contribution in [1.82, 2.24) is 10.9 Å². The first-order valence-corrected chi connectivity index (χ1v) is 6.83. The highest BCUT2D eigenvalue weighted by atomic mass is 16.5. The molecule has 0 unspecified atom stereocenters. The summed E-state index contributed by atoms with van der Waals surface area (Å²) in [5, 5.41) is 7.85.